The van der Waals surface area contributed by atoms with Gasteiger partial charge in [-0.05, 0) is 36.6 Å². The van der Waals surface area contributed by atoms with Gasteiger partial charge in [-0.1, -0.05) is 72.8 Å². The lowest BCUT2D eigenvalue weighted by Gasteiger charge is -2.37. The van der Waals surface area contributed by atoms with Crippen molar-refractivity contribution in [1.82, 2.24) is 0 Å². The minimum atomic E-state index is -0.484. The molecule has 4 rings (SSSR count). The smallest absolute Gasteiger partial charge is 0.130 e. The molecule has 0 unspecified atom stereocenters. The van der Waals surface area contributed by atoms with Crippen molar-refractivity contribution in [3.05, 3.63) is 84.9 Å². The van der Waals surface area contributed by atoms with Crippen molar-refractivity contribution in [2.45, 2.75) is 13.8 Å². The topological polar surface area (TPSA) is 6.48 Å². The predicted octanol–water partition coefficient (Wildman–Crippen LogP) is 5.71. The molecule has 26 heavy (non-hydrogen) atoms. The Morgan fingerprint density at radius 3 is 1.38 bits per heavy atom. The monoisotopic (exact) mass is 378 g/mol. The summed E-state index contributed by atoms with van der Waals surface area (Å²) in [5.41, 5.74) is 2.78. The van der Waals surface area contributed by atoms with Crippen molar-refractivity contribution >= 4 is 37.5 Å². The number of nitrogens with zero attached hydrogens (tertiary/aromatic N) is 2. The van der Waals surface area contributed by atoms with Crippen molar-refractivity contribution < 1.29 is 0 Å². The maximum absolute atomic E-state index is 2.65. The molecular formula is C22H24N2P2. The van der Waals surface area contributed by atoms with Crippen LogP contribution in [0.3, 0.4) is 0 Å². The highest BCUT2D eigenvalue weighted by molar-refractivity contribution is 8.37. The zero-order chi connectivity index (χ0) is 17.9. The zero-order valence-electron chi connectivity index (χ0n) is 15.3. The number of anilines is 2. The first-order chi connectivity index (χ1) is 12.8. The van der Waals surface area contributed by atoms with Gasteiger partial charge in [0.25, 0.3) is 0 Å². The van der Waals surface area contributed by atoms with E-state index in [1.807, 2.05) is 0 Å². The lowest BCUT2D eigenvalue weighted by molar-refractivity contribution is 1.10. The number of fused-ring (bicyclic) bond motifs is 1. The van der Waals surface area contributed by atoms with E-state index < -0.39 is 15.5 Å². The first kappa shape index (κ1) is 17.5. The summed E-state index contributed by atoms with van der Waals surface area (Å²) in [5.74, 6) is 0. The average Bonchev–Trinajstić information content (AvgIpc) is 3.03. The van der Waals surface area contributed by atoms with Crippen molar-refractivity contribution in [2.75, 3.05) is 22.4 Å². The van der Waals surface area contributed by atoms with E-state index in [0.717, 1.165) is 13.1 Å². The summed E-state index contributed by atoms with van der Waals surface area (Å²) in [4.78, 5) is 0. The fourth-order valence-electron chi connectivity index (χ4n) is 3.53. The van der Waals surface area contributed by atoms with Crippen molar-refractivity contribution in [3.63, 3.8) is 0 Å². The fourth-order valence-corrected chi connectivity index (χ4v) is 11.7. The van der Waals surface area contributed by atoms with Crippen LogP contribution in [0, 0.1) is 0 Å². The lowest BCUT2D eigenvalue weighted by atomic mass is 10.2. The maximum Gasteiger partial charge on any atom is 0.130 e. The van der Waals surface area contributed by atoms with Gasteiger partial charge in [0, 0.05) is 20.7 Å². The molecule has 0 bridgehead atoms. The Morgan fingerprint density at radius 2 is 1.00 bits per heavy atom. The van der Waals surface area contributed by atoms with E-state index in [0.29, 0.717) is 0 Å². The summed E-state index contributed by atoms with van der Waals surface area (Å²) in [6.45, 7) is 6.65. The lowest BCUT2D eigenvalue weighted by Crippen LogP contribution is -2.25. The van der Waals surface area contributed by atoms with Gasteiger partial charge in [0.15, 0.2) is 0 Å². The van der Waals surface area contributed by atoms with Crippen LogP contribution in [-0.4, -0.2) is 13.1 Å². The second-order valence-corrected chi connectivity index (χ2v) is 11.6. The summed E-state index contributed by atoms with van der Waals surface area (Å²) in [6.07, 6.45) is 0. The van der Waals surface area contributed by atoms with Crippen LogP contribution in [0.15, 0.2) is 84.9 Å². The van der Waals surface area contributed by atoms with E-state index >= 15 is 0 Å². The Morgan fingerprint density at radius 1 is 0.615 bits per heavy atom. The molecule has 3 aromatic rings. The molecule has 0 saturated carbocycles. The van der Waals surface area contributed by atoms with Crippen LogP contribution in [0.5, 0.6) is 0 Å². The molecule has 2 nitrogen and oxygen atoms in total. The largest absolute Gasteiger partial charge is 0.328 e. The van der Waals surface area contributed by atoms with Crippen LogP contribution >= 0.6 is 15.5 Å². The number of rotatable bonds is 5. The molecular weight excluding hydrogens is 354 g/mol. The van der Waals surface area contributed by atoms with E-state index in [9.17, 15) is 0 Å². The molecule has 4 heteroatoms. The Balaban J connectivity index is 1.88. The van der Waals surface area contributed by atoms with Crippen molar-refractivity contribution in [3.8, 4) is 0 Å². The molecule has 3 aromatic carbocycles. The third-order valence-corrected chi connectivity index (χ3v) is 12.2. The Labute approximate surface area is 159 Å². The normalized spacial score (nSPS) is 14.1. The average molecular weight is 378 g/mol. The van der Waals surface area contributed by atoms with E-state index in [1.165, 1.54) is 22.0 Å². The first-order valence-electron chi connectivity index (χ1n) is 9.19. The minimum Gasteiger partial charge on any atom is -0.328 e. The predicted molar refractivity (Wildman–Crippen MR) is 118 cm³/mol. The molecule has 1 heterocycles. The molecule has 0 saturated heterocycles. The highest BCUT2D eigenvalue weighted by Gasteiger charge is 2.41. The van der Waals surface area contributed by atoms with E-state index in [1.54, 1.807) is 0 Å². The van der Waals surface area contributed by atoms with Gasteiger partial charge in [-0.3, -0.25) is 0 Å². The second kappa shape index (κ2) is 7.78. The summed E-state index contributed by atoms with van der Waals surface area (Å²) in [6, 6.07) is 31.1. The molecule has 0 amide bonds. The Bertz CT molecular complexity index is 784. The summed E-state index contributed by atoms with van der Waals surface area (Å²) >= 11 is 0. The van der Waals surface area contributed by atoms with Gasteiger partial charge in [0.2, 0.25) is 0 Å². The highest BCUT2D eigenvalue weighted by Crippen LogP contribution is 2.76. The van der Waals surface area contributed by atoms with Crippen LogP contribution in [0.25, 0.3) is 0 Å². The summed E-state index contributed by atoms with van der Waals surface area (Å²) in [7, 11) is -0.956. The molecule has 0 radical (unpaired) electrons. The molecule has 0 aromatic heterocycles. The van der Waals surface area contributed by atoms with E-state index in [2.05, 4.69) is 108 Å². The fraction of sp³-hybridized carbons (Fsp3) is 0.182. The number of benzene rings is 3. The van der Waals surface area contributed by atoms with Crippen molar-refractivity contribution in [2.24, 2.45) is 0 Å². The van der Waals surface area contributed by atoms with Crippen LogP contribution in [-0.2, 0) is 0 Å². The van der Waals surface area contributed by atoms with Gasteiger partial charge in [-0.15, -0.1) is 0 Å². The van der Waals surface area contributed by atoms with Crippen LogP contribution in [0.2, 0.25) is 0 Å². The van der Waals surface area contributed by atoms with E-state index in [-0.39, 0.29) is 0 Å². The summed E-state index contributed by atoms with van der Waals surface area (Å²) < 4.78 is 5.31. The van der Waals surface area contributed by atoms with Gasteiger partial charge >= 0.3 is 0 Å². The van der Waals surface area contributed by atoms with Crippen LogP contribution in [0.4, 0.5) is 11.4 Å². The van der Waals surface area contributed by atoms with E-state index in [4.69, 9.17) is 0 Å². The Kier molecular flexibility index (Phi) is 5.25. The SMILES string of the molecule is CCN1c2ccccc2N(CC)P1P(c1ccccc1)c1ccccc1. The molecule has 0 spiro atoms. The third-order valence-electron chi connectivity index (χ3n) is 4.65. The highest BCUT2D eigenvalue weighted by atomic mass is 32.1. The number of hydrogen-bond donors (Lipinski definition) is 0. The third kappa shape index (κ3) is 3.02. The first-order valence-corrected chi connectivity index (χ1v) is 12.5. The van der Waals surface area contributed by atoms with Crippen LogP contribution < -0.4 is 19.9 Å². The summed E-state index contributed by atoms with van der Waals surface area (Å²) in [5, 5.41) is 2.93. The van der Waals surface area contributed by atoms with Crippen LogP contribution in [0.1, 0.15) is 13.8 Å². The van der Waals surface area contributed by atoms with Gasteiger partial charge < -0.3 is 9.34 Å². The second-order valence-electron chi connectivity index (χ2n) is 6.17. The standard InChI is InChI=1S/C22H24N2P2/c1-3-23-21-17-11-12-18-22(21)24(4-2)26(23)25(19-13-7-5-8-14-19)20-15-9-6-10-16-20/h5-18H,3-4H2,1-2H3. The molecule has 0 fully saturated rings. The molecule has 1 aliphatic rings. The molecule has 1 aliphatic heterocycles. The molecule has 0 N–H and O–H groups in total. The number of para-hydroxylation sites is 2. The zero-order valence-corrected chi connectivity index (χ0v) is 17.1. The van der Waals surface area contributed by atoms with Gasteiger partial charge in [0.1, 0.15) is 7.91 Å². The van der Waals surface area contributed by atoms with Crippen molar-refractivity contribution in [1.29, 1.82) is 0 Å². The Hall–Kier alpha value is -1.88. The van der Waals surface area contributed by atoms with Gasteiger partial charge in [-0.2, -0.15) is 0 Å². The number of hydrogen-bond acceptors (Lipinski definition) is 2. The van der Waals surface area contributed by atoms with Gasteiger partial charge in [-0.25, -0.2) is 0 Å². The van der Waals surface area contributed by atoms with Gasteiger partial charge in [0.05, 0.1) is 11.4 Å². The molecule has 132 valence electrons. The molecule has 0 atom stereocenters. The quantitative estimate of drug-likeness (QED) is 0.525. The minimum absolute atomic E-state index is 0.472. The maximum atomic E-state index is 2.65. The molecule has 0 aliphatic carbocycles.